The van der Waals surface area contributed by atoms with Crippen LogP contribution in [0.4, 0.5) is 10.5 Å². The molecule has 0 aliphatic carbocycles. The molecule has 7 heteroatoms. The van der Waals surface area contributed by atoms with Crippen LogP contribution >= 0.6 is 0 Å². The number of carbonyl (C=O) groups is 1. The largest absolute Gasteiger partial charge is 0.483 e. The van der Waals surface area contributed by atoms with Crippen molar-refractivity contribution in [2.75, 3.05) is 11.5 Å². The Morgan fingerprint density at radius 2 is 2.23 bits per heavy atom. The van der Waals surface area contributed by atoms with Gasteiger partial charge in [-0.15, -0.1) is 0 Å². The molecule has 1 aromatic carbocycles. The van der Waals surface area contributed by atoms with Gasteiger partial charge in [0.1, 0.15) is 23.8 Å². The smallest absolute Gasteiger partial charge is 0.407 e. The molecule has 1 aliphatic rings. The van der Waals surface area contributed by atoms with E-state index in [0.29, 0.717) is 18.0 Å². The Morgan fingerprint density at radius 3 is 2.86 bits per heavy atom. The summed E-state index contributed by atoms with van der Waals surface area (Å²) in [6.07, 6.45) is 0.590. The molecule has 1 aromatic rings. The summed E-state index contributed by atoms with van der Waals surface area (Å²) in [5.41, 5.74) is 0.907. The summed E-state index contributed by atoms with van der Waals surface area (Å²) >= 11 is 0. The van der Waals surface area contributed by atoms with Crippen LogP contribution in [-0.2, 0) is 11.3 Å². The summed E-state index contributed by atoms with van der Waals surface area (Å²) < 4.78 is 10.6. The fraction of sp³-hybridized carbons (Fsp3) is 0.400. The maximum Gasteiger partial charge on any atom is 0.407 e. The lowest BCUT2D eigenvalue weighted by molar-refractivity contribution is 0.0523. The second kappa shape index (κ2) is 6.05. The number of amides is 1. The first-order valence-corrected chi connectivity index (χ1v) is 6.90. The number of amidine groups is 1. The number of fused-ring (bicyclic) bond motifs is 1. The van der Waals surface area contributed by atoms with Gasteiger partial charge < -0.3 is 14.8 Å². The lowest BCUT2D eigenvalue weighted by atomic mass is 10.1. The Hall–Kier alpha value is -2.57. The zero-order chi connectivity index (χ0) is 16.3. The van der Waals surface area contributed by atoms with E-state index in [2.05, 4.69) is 5.32 Å². The summed E-state index contributed by atoms with van der Waals surface area (Å²) in [5, 5.41) is 17.9. The summed E-state index contributed by atoms with van der Waals surface area (Å²) in [6.45, 7) is 5.84. The molecule has 0 saturated carbocycles. The van der Waals surface area contributed by atoms with Crippen molar-refractivity contribution in [3.05, 3.63) is 23.8 Å². The van der Waals surface area contributed by atoms with Crippen LogP contribution in [0.5, 0.6) is 5.75 Å². The van der Waals surface area contributed by atoms with Gasteiger partial charge in [-0.1, -0.05) is 6.07 Å². The second-order valence-electron chi connectivity index (χ2n) is 5.89. The van der Waals surface area contributed by atoms with E-state index in [0.717, 1.165) is 11.9 Å². The Morgan fingerprint density at radius 1 is 1.50 bits per heavy atom. The third kappa shape index (κ3) is 3.75. The normalized spacial score (nSPS) is 14.0. The van der Waals surface area contributed by atoms with Crippen molar-refractivity contribution in [1.82, 2.24) is 5.32 Å². The van der Waals surface area contributed by atoms with E-state index in [4.69, 9.17) is 20.3 Å². The van der Waals surface area contributed by atoms with E-state index in [-0.39, 0.29) is 12.4 Å². The molecule has 22 heavy (non-hydrogen) atoms. The van der Waals surface area contributed by atoms with Gasteiger partial charge in [0, 0.05) is 6.54 Å². The van der Waals surface area contributed by atoms with Gasteiger partial charge in [-0.25, -0.2) is 4.79 Å². The minimum absolute atomic E-state index is 0.137. The van der Waals surface area contributed by atoms with Crippen molar-refractivity contribution in [3.8, 4) is 5.75 Å². The van der Waals surface area contributed by atoms with Crippen LogP contribution in [0.25, 0.3) is 0 Å². The predicted octanol–water partition coefficient (Wildman–Crippen LogP) is 2.49. The molecule has 0 fully saturated rings. The van der Waals surface area contributed by atoms with Gasteiger partial charge in [-0.2, -0.15) is 0 Å². The molecule has 1 aliphatic heterocycles. The van der Waals surface area contributed by atoms with Gasteiger partial charge in [0.15, 0.2) is 0 Å². The van der Waals surface area contributed by atoms with Crippen molar-refractivity contribution in [2.24, 2.45) is 0 Å². The second-order valence-corrected chi connectivity index (χ2v) is 5.89. The van der Waals surface area contributed by atoms with Crippen molar-refractivity contribution in [1.29, 1.82) is 10.8 Å². The molecule has 0 saturated heterocycles. The SMILES string of the molecule is CC(C)(C)OC(=O)NCc1ccc2c(c1)N(C=N)C(=N)CO2. The molecule has 3 N–H and O–H groups in total. The number of hydrogen-bond donors (Lipinski definition) is 3. The van der Waals surface area contributed by atoms with Gasteiger partial charge in [-0.05, 0) is 38.5 Å². The van der Waals surface area contributed by atoms with Crippen LogP contribution in [0.3, 0.4) is 0 Å². The first-order chi connectivity index (χ1) is 10.3. The van der Waals surface area contributed by atoms with E-state index in [1.807, 2.05) is 6.07 Å². The fourth-order valence-electron chi connectivity index (χ4n) is 1.98. The molecule has 0 unspecified atom stereocenters. The molecule has 0 bridgehead atoms. The Kier molecular flexibility index (Phi) is 4.35. The van der Waals surface area contributed by atoms with E-state index >= 15 is 0 Å². The Labute approximate surface area is 129 Å². The maximum atomic E-state index is 11.7. The zero-order valence-corrected chi connectivity index (χ0v) is 12.9. The first-order valence-electron chi connectivity index (χ1n) is 6.90. The molecule has 0 spiro atoms. The van der Waals surface area contributed by atoms with Gasteiger partial charge >= 0.3 is 6.09 Å². The minimum Gasteiger partial charge on any atom is -0.483 e. The van der Waals surface area contributed by atoms with Crippen molar-refractivity contribution < 1.29 is 14.3 Å². The molecule has 2 rings (SSSR count). The van der Waals surface area contributed by atoms with Crippen LogP contribution in [0.2, 0.25) is 0 Å². The standard InChI is InChI=1S/C15H20N4O3/c1-15(2,3)22-14(20)18-7-10-4-5-12-11(6-10)19(9-16)13(17)8-21-12/h4-6,9,16-17H,7-8H2,1-3H3,(H,18,20). The molecular weight excluding hydrogens is 284 g/mol. The quantitative estimate of drug-likeness (QED) is 0.590. The number of rotatable bonds is 3. The van der Waals surface area contributed by atoms with Crippen LogP contribution < -0.4 is 15.0 Å². The number of hydrogen-bond acceptors (Lipinski definition) is 5. The average Bonchev–Trinajstić information content (AvgIpc) is 2.43. The van der Waals surface area contributed by atoms with Gasteiger partial charge in [0.25, 0.3) is 0 Å². The summed E-state index contributed by atoms with van der Waals surface area (Å²) in [6, 6.07) is 5.38. The predicted molar refractivity (Wildman–Crippen MR) is 84.0 cm³/mol. The highest BCUT2D eigenvalue weighted by Crippen LogP contribution is 2.32. The van der Waals surface area contributed by atoms with Gasteiger partial charge in [-0.3, -0.25) is 15.7 Å². The van der Waals surface area contributed by atoms with E-state index in [1.54, 1.807) is 32.9 Å². The number of benzene rings is 1. The molecule has 7 nitrogen and oxygen atoms in total. The highest BCUT2D eigenvalue weighted by Gasteiger charge is 2.22. The van der Waals surface area contributed by atoms with Crippen molar-refractivity contribution in [3.63, 3.8) is 0 Å². The highest BCUT2D eigenvalue weighted by atomic mass is 16.6. The molecule has 1 amide bonds. The number of ether oxygens (including phenoxy) is 2. The number of carbonyl (C=O) groups excluding carboxylic acids is 1. The average molecular weight is 304 g/mol. The molecular formula is C15H20N4O3. The monoisotopic (exact) mass is 304 g/mol. The molecule has 1 heterocycles. The van der Waals surface area contributed by atoms with E-state index in [1.165, 1.54) is 4.90 Å². The molecule has 0 atom stereocenters. The third-order valence-corrected chi connectivity index (χ3v) is 2.90. The van der Waals surface area contributed by atoms with Crippen molar-refractivity contribution in [2.45, 2.75) is 32.9 Å². The molecule has 0 aromatic heterocycles. The number of alkyl carbamates (subject to hydrolysis) is 1. The summed E-state index contributed by atoms with van der Waals surface area (Å²) in [5.74, 6) is 0.806. The summed E-state index contributed by atoms with van der Waals surface area (Å²) in [4.78, 5) is 13.1. The summed E-state index contributed by atoms with van der Waals surface area (Å²) in [7, 11) is 0. The number of anilines is 1. The van der Waals surface area contributed by atoms with E-state index < -0.39 is 11.7 Å². The molecule has 0 radical (unpaired) electrons. The fourth-order valence-corrected chi connectivity index (χ4v) is 1.98. The number of nitrogens with one attached hydrogen (secondary N) is 3. The Balaban J connectivity index is 2.08. The van der Waals surface area contributed by atoms with Crippen molar-refractivity contribution >= 4 is 24.0 Å². The topological polar surface area (TPSA) is 98.5 Å². The van der Waals surface area contributed by atoms with Crippen LogP contribution in [-0.4, -0.2) is 30.5 Å². The van der Waals surface area contributed by atoms with Crippen LogP contribution in [0.1, 0.15) is 26.3 Å². The van der Waals surface area contributed by atoms with Crippen LogP contribution in [0.15, 0.2) is 18.2 Å². The van der Waals surface area contributed by atoms with E-state index in [9.17, 15) is 4.79 Å². The minimum atomic E-state index is -0.542. The Bertz CT molecular complexity index is 607. The van der Waals surface area contributed by atoms with Crippen LogP contribution in [0, 0.1) is 10.8 Å². The first kappa shape index (κ1) is 15.8. The van der Waals surface area contributed by atoms with Gasteiger partial charge in [0.2, 0.25) is 0 Å². The lowest BCUT2D eigenvalue weighted by Gasteiger charge is -2.28. The highest BCUT2D eigenvalue weighted by molar-refractivity contribution is 6.12. The third-order valence-electron chi connectivity index (χ3n) is 2.90. The zero-order valence-electron chi connectivity index (χ0n) is 12.9. The lowest BCUT2D eigenvalue weighted by Crippen LogP contribution is -2.37. The molecule has 118 valence electrons. The maximum absolute atomic E-state index is 11.7. The van der Waals surface area contributed by atoms with Gasteiger partial charge in [0.05, 0.1) is 12.0 Å². The number of nitrogens with zero attached hydrogens (tertiary/aromatic N) is 1.